The largest absolute Gasteiger partial charge is 0.496 e. The van der Waals surface area contributed by atoms with E-state index in [-0.39, 0.29) is 6.42 Å². The topological polar surface area (TPSA) is 55.8 Å². The van der Waals surface area contributed by atoms with Crippen LogP contribution in [-0.4, -0.2) is 31.4 Å². The van der Waals surface area contributed by atoms with E-state index in [9.17, 15) is 4.79 Å². The van der Waals surface area contributed by atoms with Crippen molar-refractivity contribution in [1.29, 1.82) is 0 Å². The standard InChI is InChI=1S/C16H22O4/c1-19-15-6-5-13(12-7-9-20-10-8-12)11-14(15)3-2-4-16(17)18/h5-6,11-12H,2-4,7-10H2,1H3,(H,17,18). The number of benzene rings is 1. The Labute approximate surface area is 119 Å². The zero-order valence-electron chi connectivity index (χ0n) is 11.9. The highest BCUT2D eigenvalue weighted by molar-refractivity contribution is 5.66. The predicted octanol–water partition coefficient (Wildman–Crippen LogP) is 3.00. The van der Waals surface area contributed by atoms with Gasteiger partial charge in [0, 0.05) is 19.6 Å². The molecule has 0 spiro atoms. The summed E-state index contributed by atoms with van der Waals surface area (Å²) in [5.41, 5.74) is 2.43. The summed E-state index contributed by atoms with van der Waals surface area (Å²) in [6.45, 7) is 1.65. The molecule has 1 aliphatic rings. The second kappa shape index (κ2) is 7.29. The Morgan fingerprint density at radius 2 is 2.15 bits per heavy atom. The van der Waals surface area contributed by atoms with Crippen LogP contribution in [0.5, 0.6) is 5.75 Å². The van der Waals surface area contributed by atoms with Gasteiger partial charge in [0.2, 0.25) is 0 Å². The fourth-order valence-corrected chi connectivity index (χ4v) is 2.71. The lowest BCUT2D eigenvalue weighted by Gasteiger charge is -2.23. The van der Waals surface area contributed by atoms with Gasteiger partial charge in [-0.15, -0.1) is 0 Å². The minimum Gasteiger partial charge on any atom is -0.496 e. The summed E-state index contributed by atoms with van der Waals surface area (Å²) < 4.78 is 10.8. The van der Waals surface area contributed by atoms with Gasteiger partial charge in [-0.2, -0.15) is 0 Å². The lowest BCUT2D eigenvalue weighted by Crippen LogP contribution is -2.14. The molecule has 1 aromatic carbocycles. The van der Waals surface area contributed by atoms with Crippen molar-refractivity contribution in [3.8, 4) is 5.75 Å². The molecule has 1 heterocycles. The van der Waals surface area contributed by atoms with E-state index in [1.165, 1.54) is 5.56 Å². The van der Waals surface area contributed by atoms with Gasteiger partial charge >= 0.3 is 5.97 Å². The summed E-state index contributed by atoms with van der Waals surface area (Å²) in [5, 5.41) is 8.73. The average molecular weight is 278 g/mol. The molecule has 20 heavy (non-hydrogen) atoms. The van der Waals surface area contributed by atoms with E-state index >= 15 is 0 Å². The molecule has 1 aliphatic heterocycles. The Hall–Kier alpha value is -1.55. The summed E-state index contributed by atoms with van der Waals surface area (Å²) in [6.07, 6.45) is 3.70. The van der Waals surface area contributed by atoms with E-state index in [0.717, 1.165) is 43.8 Å². The third kappa shape index (κ3) is 3.97. The second-order valence-electron chi connectivity index (χ2n) is 5.21. The predicted molar refractivity (Wildman–Crippen MR) is 76.4 cm³/mol. The van der Waals surface area contributed by atoms with Gasteiger partial charge in [-0.3, -0.25) is 4.79 Å². The molecule has 2 rings (SSSR count). The molecule has 110 valence electrons. The number of methoxy groups -OCH3 is 1. The zero-order valence-corrected chi connectivity index (χ0v) is 11.9. The molecule has 4 nitrogen and oxygen atoms in total. The van der Waals surface area contributed by atoms with Gasteiger partial charge in [0.15, 0.2) is 0 Å². The maximum Gasteiger partial charge on any atom is 0.303 e. The third-order valence-corrected chi connectivity index (χ3v) is 3.83. The molecule has 0 aliphatic carbocycles. The van der Waals surface area contributed by atoms with Gasteiger partial charge in [0.1, 0.15) is 5.75 Å². The highest BCUT2D eigenvalue weighted by Crippen LogP contribution is 2.31. The van der Waals surface area contributed by atoms with Gasteiger partial charge in [0.25, 0.3) is 0 Å². The Kier molecular flexibility index (Phi) is 5.41. The number of aliphatic carboxylic acids is 1. The Morgan fingerprint density at radius 3 is 2.80 bits per heavy atom. The Morgan fingerprint density at radius 1 is 1.40 bits per heavy atom. The van der Waals surface area contributed by atoms with Crippen LogP contribution in [-0.2, 0) is 16.0 Å². The van der Waals surface area contributed by atoms with Crippen molar-refractivity contribution >= 4 is 5.97 Å². The number of carboxylic acids is 1. The van der Waals surface area contributed by atoms with Crippen molar-refractivity contribution in [2.45, 2.75) is 38.0 Å². The number of hydrogen-bond donors (Lipinski definition) is 1. The number of hydrogen-bond acceptors (Lipinski definition) is 3. The van der Waals surface area contributed by atoms with Crippen molar-refractivity contribution in [3.63, 3.8) is 0 Å². The van der Waals surface area contributed by atoms with Crippen LogP contribution >= 0.6 is 0 Å². The molecule has 0 atom stereocenters. The highest BCUT2D eigenvalue weighted by atomic mass is 16.5. The molecule has 0 bridgehead atoms. The first-order valence-corrected chi connectivity index (χ1v) is 7.17. The fraction of sp³-hybridized carbons (Fsp3) is 0.562. The van der Waals surface area contributed by atoms with Gasteiger partial charge in [0.05, 0.1) is 7.11 Å². The molecule has 0 aromatic heterocycles. The van der Waals surface area contributed by atoms with Crippen LogP contribution in [0.1, 0.15) is 42.7 Å². The zero-order chi connectivity index (χ0) is 14.4. The first-order chi connectivity index (χ1) is 9.70. The number of carbonyl (C=O) groups is 1. The molecule has 0 amide bonds. The summed E-state index contributed by atoms with van der Waals surface area (Å²) in [7, 11) is 1.66. The van der Waals surface area contributed by atoms with Gasteiger partial charge < -0.3 is 14.6 Å². The number of rotatable bonds is 6. The highest BCUT2D eigenvalue weighted by Gasteiger charge is 2.17. The van der Waals surface area contributed by atoms with Crippen LogP contribution in [0.3, 0.4) is 0 Å². The maximum absolute atomic E-state index is 10.6. The first-order valence-electron chi connectivity index (χ1n) is 7.17. The average Bonchev–Trinajstić information content (AvgIpc) is 2.47. The van der Waals surface area contributed by atoms with Crippen LogP contribution in [0, 0.1) is 0 Å². The van der Waals surface area contributed by atoms with Crippen molar-refractivity contribution in [1.82, 2.24) is 0 Å². The lowest BCUT2D eigenvalue weighted by molar-refractivity contribution is -0.137. The van der Waals surface area contributed by atoms with E-state index in [1.54, 1.807) is 7.11 Å². The molecule has 0 unspecified atom stereocenters. The van der Waals surface area contributed by atoms with E-state index in [1.807, 2.05) is 6.07 Å². The van der Waals surface area contributed by atoms with Crippen LogP contribution in [0.2, 0.25) is 0 Å². The second-order valence-corrected chi connectivity index (χ2v) is 5.21. The van der Waals surface area contributed by atoms with Crippen LogP contribution in [0.4, 0.5) is 0 Å². The normalized spacial score (nSPS) is 16.1. The molecule has 0 radical (unpaired) electrons. The molecule has 1 fully saturated rings. The van der Waals surface area contributed by atoms with E-state index in [2.05, 4.69) is 12.1 Å². The maximum atomic E-state index is 10.6. The van der Waals surface area contributed by atoms with Gasteiger partial charge in [-0.25, -0.2) is 0 Å². The summed E-state index contributed by atoms with van der Waals surface area (Å²) in [5.74, 6) is 0.656. The minimum atomic E-state index is -0.746. The molecular formula is C16H22O4. The summed E-state index contributed by atoms with van der Waals surface area (Å²) in [4.78, 5) is 10.6. The number of ether oxygens (including phenoxy) is 2. The number of aryl methyl sites for hydroxylation is 1. The molecular weight excluding hydrogens is 256 g/mol. The molecule has 1 aromatic rings. The molecule has 1 N–H and O–H groups in total. The van der Waals surface area contributed by atoms with E-state index < -0.39 is 5.97 Å². The van der Waals surface area contributed by atoms with Crippen molar-refractivity contribution < 1.29 is 19.4 Å². The fourth-order valence-electron chi connectivity index (χ4n) is 2.71. The van der Waals surface area contributed by atoms with Crippen LogP contribution in [0.25, 0.3) is 0 Å². The monoisotopic (exact) mass is 278 g/mol. The molecule has 1 saturated heterocycles. The SMILES string of the molecule is COc1ccc(C2CCOCC2)cc1CCCC(=O)O. The van der Waals surface area contributed by atoms with Crippen LogP contribution in [0.15, 0.2) is 18.2 Å². The van der Waals surface area contributed by atoms with E-state index in [4.69, 9.17) is 14.6 Å². The van der Waals surface area contributed by atoms with Gasteiger partial charge in [-0.05, 0) is 48.8 Å². The first kappa shape index (κ1) is 14.9. The Bertz CT molecular complexity index is 450. The summed E-state index contributed by atoms with van der Waals surface area (Å²) in [6, 6.07) is 6.30. The summed E-state index contributed by atoms with van der Waals surface area (Å²) >= 11 is 0. The molecule has 0 saturated carbocycles. The quantitative estimate of drug-likeness (QED) is 0.869. The van der Waals surface area contributed by atoms with Gasteiger partial charge in [-0.1, -0.05) is 12.1 Å². The van der Waals surface area contributed by atoms with Crippen LogP contribution < -0.4 is 4.74 Å². The van der Waals surface area contributed by atoms with Crippen molar-refractivity contribution in [2.75, 3.05) is 20.3 Å². The van der Waals surface area contributed by atoms with E-state index in [0.29, 0.717) is 12.3 Å². The van der Waals surface area contributed by atoms with Crippen molar-refractivity contribution in [2.24, 2.45) is 0 Å². The van der Waals surface area contributed by atoms with Crippen molar-refractivity contribution in [3.05, 3.63) is 29.3 Å². The third-order valence-electron chi connectivity index (χ3n) is 3.83. The molecule has 4 heteroatoms. The number of carboxylic acid groups (broad SMARTS) is 1. The smallest absolute Gasteiger partial charge is 0.303 e. The minimum absolute atomic E-state index is 0.199. The Balaban J connectivity index is 2.08. The lowest BCUT2D eigenvalue weighted by atomic mass is 9.89.